The molecule has 0 atom stereocenters. The maximum Gasteiger partial charge on any atom is 0.222 e. The van der Waals surface area contributed by atoms with Gasteiger partial charge in [0.1, 0.15) is 0 Å². The van der Waals surface area contributed by atoms with Crippen LogP contribution in [0.25, 0.3) is 0 Å². The average molecular weight is 282 g/mol. The van der Waals surface area contributed by atoms with Crippen molar-refractivity contribution in [2.45, 2.75) is 31.6 Å². The molecule has 1 saturated heterocycles. The third-order valence-electron chi connectivity index (χ3n) is 3.09. The Hall–Kier alpha value is -0.830. The van der Waals surface area contributed by atoms with Crippen LogP contribution in [0.3, 0.4) is 0 Å². The fourth-order valence-electron chi connectivity index (χ4n) is 2.10. The first kappa shape index (κ1) is 11.6. The molecule has 1 fully saturated rings. The first-order chi connectivity index (χ1) is 7.70. The van der Waals surface area contributed by atoms with Crippen molar-refractivity contribution in [2.24, 2.45) is 0 Å². The van der Waals surface area contributed by atoms with Gasteiger partial charge in [0, 0.05) is 24.8 Å². The summed E-state index contributed by atoms with van der Waals surface area (Å²) in [5.41, 5.74) is 3.82. The normalized spacial score (nSPS) is 15.9. The van der Waals surface area contributed by atoms with Crippen LogP contribution in [0.15, 0.2) is 18.2 Å². The van der Waals surface area contributed by atoms with Crippen molar-refractivity contribution in [1.82, 2.24) is 4.90 Å². The molecule has 2 nitrogen and oxygen atoms in total. The maximum atomic E-state index is 11.5. The Balaban J connectivity index is 2.12. The van der Waals surface area contributed by atoms with Crippen LogP contribution in [0.4, 0.5) is 0 Å². The summed E-state index contributed by atoms with van der Waals surface area (Å²) in [6, 6.07) is 6.44. The lowest BCUT2D eigenvalue weighted by molar-refractivity contribution is -0.128. The molecule has 0 unspecified atom stereocenters. The number of hydrogen-bond donors (Lipinski definition) is 0. The molecule has 0 aromatic heterocycles. The highest BCUT2D eigenvalue weighted by Crippen LogP contribution is 2.18. The zero-order valence-corrected chi connectivity index (χ0v) is 11.1. The molecule has 0 radical (unpaired) electrons. The van der Waals surface area contributed by atoms with Crippen molar-refractivity contribution in [2.75, 3.05) is 6.54 Å². The summed E-state index contributed by atoms with van der Waals surface area (Å²) < 4.78 is 0. The van der Waals surface area contributed by atoms with Gasteiger partial charge in [0.15, 0.2) is 0 Å². The van der Waals surface area contributed by atoms with Gasteiger partial charge in [-0.1, -0.05) is 34.1 Å². The summed E-state index contributed by atoms with van der Waals surface area (Å²) in [5, 5.41) is 0.886. The summed E-state index contributed by atoms with van der Waals surface area (Å²) in [5.74, 6) is 0.295. The summed E-state index contributed by atoms with van der Waals surface area (Å²) in [7, 11) is 0. The van der Waals surface area contributed by atoms with Gasteiger partial charge < -0.3 is 4.90 Å². The van der Waals surface area contributed by atoms with E-state index in [-0.39, 0.29) is 0 Å². The monoisotopic (exact) mass is 281 g/mol. The standard InChI is InChI=1S/C13H16BrNO/c1-10-7-11(8-14)4-5-12(10)9-15-6-2-3-13(15)16/h4-5,7H,2-3,6,8-9H2,1H3. The summed E-state index contributed by atoms with van der Waals surface area (Å²) in [4.78, 5) is 13.5. The predicted molar refractivity (Wildman–Crippen MR) is 68.5 cm³/mol. The lowest BCUT2D eigenvalue weighted by Gasteiger charge is -2.17. The molecular formula is C13H16BrNO. The maximum absolute atomic E-state index is 11.5. The van der Waals surface area contributed by atoms with E-state index in [1.165, 1.54) is 16.7 Å². The number of carbonyl (C=O) groups excluding carboxylic acids is 1. The van der Waals surface area contributed by atoms with E-state index in [1.807, 2.05) is 4.90 Å². The fourth-order valence-corrected chi connectivity index (χ4v) is 2.44. The number of likely N-dealkylation sites (tertiary alicyclic amines) is 1. The van der Waals surface area contributed by atoms with Gasteiger partial charge in [-0.05, 0) is 30.0 Å². The molecule has 1 aliphatic rings. The molecule has 3 heteroatoms. The van der Waals surface area contributed by atoms with Crippen molar-refractivity contribution >= 4 is 21.8 Å². The third-order valence-corrected chi connectivity index (χ3v) is 3.74. The fraction of sp³-hybridized carbons (Fsp3) is 0.462. The van der Waals surface area contributed by atoms with E-state index in [9.17, 15) is 4.79 Å². The van der Waals surface area contributed by atoms with Crippen molar-refractivity contribution in [3.05, 3.63) is 34.9 Å². The Morgan fingerprint density at radius 3 is 2.81 bits per heavy atom. The summed E-state index contributed by atoms with van der Waals surface area (Å²) in [6.45, 7) is 3.80. The molecular weight excluding hydrogens is 266 g/mol. The highest BCUT2D eigenvalue weighted by Gasteiger charge is 2.20. The van der Waals surface area contributed by atoms with Crippen LogP contribution in [0.5, 0.6) is 0 Å². The van der Waals surface area contributed by atoms with Gasteiger partial charge in [0.2, 0.25) is 5.91 Å². The van der Waals surface area contributed by atoms with Crippen LogP contribution in [-0.2, 0) is 16.7 Å². The zero-order chi connectivity index (χ0) is 11.5. The van der Waals surface area contributed by atoms with E-state index in [0.717, 1.165) is 31.3 Å². The van der Waals surface area contributed by atoms with Gasteiger partial charge in [-0.15, -0.1) is 0 Å². The molecule has 1 heterocycles. The van der Waals surface area contributed by atoms with Gasteiger partial charge in [0.05, 0.1) is 0 Å². The first-order valence-corrected chi connectivity index (χ1v) is 6.75. The smallest absolute Gasteiger partial charge is 0.222 e. The molecule has 16 heavy (non-hydrogen) atoms. The van der Waals surface area contributed by atoms with Crippen molar-refractivity contribution in [3.63, 3.8) is 0 Å². The van der Waals surface area contributed by atoms with Crippen LogP contribution in [0, 0.1) is 6.92 Å². The zero-order valence-electron chi connectivity index (χ0n) is 9.50. The van der Waals surface area contributed by atoms with Crippen LogP contribution >= 0.6 is 15.9 Å². The second-order valence-corrected chi connectivity index (χ2v) is 4.87. The topological polar surface area (TPSA) is 20.3 Å². The Morgan fingerprint density at radius 1 is 1.44 bits per heavy atom. The minimum atomic E-state index is 0.295. The molecule has 0 bridgehead atoms. The molecule has 1 amide bonds. The Morgan fingerprint density at radius 2 is 2.25 bits per heavy atom. The highest BCUT2D eigenvalue weighted by atomic mass is 79.9. The van der Waals surface area contributed by atoms with Crippen molar-refractivity contribution < 1.29 is 4.79 Å². The van der Waals surface area contributed by atoms with E-state index < -0.39 is 0 Å². The lowest BCUT2D eigenvalue weighted by atomic mass is 10.1. The van der Waals surface area contributed by atoms with Gasteiger partial charge in [-0.25, -0.2) is 0 Å². The summed E-state index contributed by atoms with van der Waals surface area (Å²) in [6.07, 6.45) is 1.73. The number of rotatable bonds is 3. The number of nitrogens with zero attached hydrogens (tertiary/aromatic N) is 1. The van der Waals surface area contributed by atoms with E-state index in [2.05, 4.69) is 41.1 Å². The van der Waals surface area contributed by atoms with E-state index in [4.69, 9.17) is 0 Å². The van der Waals surface area contributed by atoms with Crippen LogP contribution in [0.2, 0.25) is 0 Å². The number of hydrogen-bond acceptors (Lipinski definition) is 1. The first-order valence-electron chi connectivity index (χ1n) is 5.63. The number of benzene rings is 1. The quantitative estimate of drug-likeness (QED) is 0.780. The Labute approximate surface area is 105 Å². The van der Waals surface area contributed by atoms with Gasteiger partial charge in [0.25, 0.3) is 0 Å². The van der Waals surface area contributed by atoms with E-state index in [0.29, 0.717) is 5.91 Å². The molecule has 0 spiro atoms. The largest absolute Gasteiger partial charge is 0.338 e. The third kappa shape index (κ3) is 2.46. The van der Waals surface area contributed by atoms with E-state index in [1.54, 1.807) is 0 Å². The Bertz CT molecular complexity index is 403. The van der Waals surface area contributed by atoms with Crippen LogP contribution < -0.4 is 0 Å². The minimum absolute atomic E-state index is 0.295. The van der Waals surface area contributed by atoms with E-state index >= 15 is 0 Å². The van der Waals surface area contributed by atoms with Gasteiger partial charge in [-0.2, -0.15) is 0 Å². The SMILES string of the molecule is Cc1cc(CBr)ccc1CN1CCCC1=O. The number of aryl methyl sites for hydroxylation is 1. The van der Waals surface area contributed by atoms with Crippen LogP contribution in [-0.4, -0.2) is 17.4 Å². The average Bonchev–Trinajstić information content (AvgIpc) is 2.67. The molecule has 0 saturated carbocycles. The number of amides is 1. The van der Waals surface area contributed by atoms with Crippen molar-refractivity contribution in [1.29, 1.82) is 0 Å². The molecule has 0 aliphatic carbocycles. The van der Waals surface area contributed by atoms with Crippen LogP contribution in [0.1, 0.15) is 29.5 Å². The Kier molecular flexibility index (Phi) is 3.64. The number of carbonyl (C=O) groups is 1. The van der Waals surface area contributed by atoms with Crippen molar-refractivity contribution in [3.8, 4) is 0 Å². The second-order valence-electron chi connectivity index (χ2n) is 4.31. The second kappa shape index (κ2) is 5.00. The van der Waals surface area contributed by atoms with Gasteiger partial charge >= 0.3 is 0 Å². The predicted octanol–water partition coefficient (Wildman–Crippen LogP) is 3.01. The lowest BCUT2D eigenvalue weighted by Crippen LogP contribution is -2.24. The van der Waals surface area contributed by atoms with Gasteiger partial charge in [-0.3, -0.25) is 4.79 Å². The molecule has 0 N–H and O–H groups in total. The highest BCUT2D eigenvalue weighted by molar-refractivity contribution is 9.08. The summed E-state index contributed by atoms with van der Waals surface area (Å²) >= 11 is 3.45. The number of alkyl halides is 1. The molecule has 1 aromatic rings. The molecule has 86 valence electrons. The minimum Gasteiger partial charge on any atom is -0.338 e. The molecule has 1 aliphatic heterocycles. The molecule has 1 aromatic carbocycles. The number of halogens is 1. The molecule has 2 rings (SSSR count).